The Morgan fingerprint density at radius 1 is 0.613 bits per heavy atom. The van der Waals surface area contributed by atoms with Gasteiger partial charge in [0.1, 0.15) is 114 Å². The van der Waals surface area contributed by atoms with E-state index in [9.17, 15) is 91.6 Å². The van der Waals surface area contributed by atoms with Crippen LogP contribution in [0.25, 0.3) is 28.4 Å². The number of hydrogen-bond acceptors (Lipinski definition) is 26. The second-order valence-electron chi connectivity index (χ2n) is 18.3. The molecule has 0 amide bonds. The Bertz CT molecular complexity index is 2630. The zero-order valence-electron chi connectivity index (χ0n) is 39.2. The lowest BCUT2D eigenvalue weighted by Gasteiger charge is -2.43. The molecule has 0 aliphatic carbocycles. The molecular formula is C48H57O27+. The van der Waals surface area contributed by atoms with Crippen molar-refractivity contribution < 1.29 is 134 Å². The maximum Gasteiger partial charge on any atom is 0.368 e. The maximum atomic E-state index is 12.9. The molecule has 0 spiro atoms. The molecule has 5 heterocycles. The number of phenolic OH excluding ortho intramolecular Hbond substituents is 4. The summed E-state index contributed by atoms with van der Waals surface area (Å²) in [5.41, 5.74) is -0.196. The van der Waals surface area contributed by atoms with Crippen LogP contribution < -0.4 is 9.47 Å². The molecule has 4 fully saturated rings. The highest BCUT2D eigenvalue weighted by Crippen LogP contribution is 2.46. The van der Waals surface area contributed by atoms with Crippen molar-refractivity contribution in [1.29, 1.82) is 0 Å². The van der Waals surface area contributed by atoms with E-state index < -0.39 is 171 Å². The summed E-state index contributed by atoms with van der Waals surface area (Å²) in [6, 6.07) is 11.1. The van der Waals surface area contributed by atoms with Gasteiger partial charge in [-0.05, 0) is 36.8 Å². The highest BCUT2D eigenvalue weighted by atomic mass is 16.7. The quantitative estimate of drug-likeness (QED) is 0.0249. The SMILES string of the molecule is C[C@@H]1O[C@@H](OC[C@H]2O[C@@H](c3cc4c(O[C@@H]5O[C@H](CO)[C@@H](O)[C@H](O)[C@H]5O)cc(O)cc4[o+]c3-c3cc(O)c(O)c(O)c3)[C@H](O)[C@@H](O)[C@@H]2O)[C@H](O)[C@H](O)[C@H]1OC(=O)/C=C/c1ccc(O[C@@H]2O[C@H](CO)[C@@H](O)[C@H](O)[C@H]2O)cc1. The molecule has 0 saturated carbocycles. The van der Waals surface area contributed by atoms with Gasteiger partial charge in [0.25, 0.3) is 0 Å². The first-order valence-electron chi connectivity index (χ1n) is 23.3. The van der Waals surface area contributed by atoms with Gasteiger partial charge in [-0.1, -0.05) is 12.1 Å². The average molecular weight is 1070 g/mol. The lowest BCUT2D eigenvalue weighted by atomic mass is 9.89. The Morgan fingerprint density at radius 2 is 1.17 bits per heavy atom. The second-order valence-corrected chi connectivity index (χ2v) is 18.3. The monoisotopic (exact) mass is 1070 g/mol. The van der Waals surface area contributed by atoms with Gasteiger partial charge in [0, 0.05) is 24.3 Å². The van der Waals surface area contributed by atoms with Crippen LogP contribution in [-0.2, 0) is 33.2 Å². The Balaban J connectivity index is 0.967. The van der Waals surface area contributed by atoms with E-state index in [1.165, 1.54) is 43.3 Å². The molecule has 20 atom stereocenters. The number of benzene rings is 3. The van der Waals surface area contributed by atoms with Gasteiger partial charge in [-0.3, -0.25) is 0 Å². The summed E-state index contributed by atoms with van der Waals surface area (Å²) < 4.78 is 51.5. The second kappa shape index (κ2) is 22.9. The molecule has 8 rings (SSSR count). The largest absolute Gasteiger partial charge is 0.507 e. The normalized spacial score (nSPS) is 36.3. The maximum absolute atomic E-state index is 12.9. The molecule has 4 aromatic rings. The molecular weight excluding hydrogens is 1010 g/mol. The Morgan fingerprint density at radius 3 is 1.77 bits per heavy atom. The first kappa shape index (κ1) is 55.6. The van der Waals surface area contributed by atoms with Crippen LogP contribution in [0.2, 0.25) is 0 Å². The van der Waals surface area contributed by atoms with E-state index in [2.05, 4.69) is 0 Å². The van der Waals surface area contributed by atoms with E-state index in [1.54, 1.807) is 0 Å². The Hall–Kier alpha value is -5.64. The molecule has 0 unspecified atom stereocenters. The minimum atomic E-state index is -2.03. The van der Waals surface area contributed by atoms with Crippen molar-refractivity contribution in [2.45, 2.75) is 130 Å². The number of carbonyl (C=O) groups excluding carboxylic acids is 1. The third-order valence-corrected chi connectivity index (χ3v) is 13.2. The molecule has 4 aliphatic rings. The molecule has 1 aromatic heterocycles. The topological polar surface area (TPSA) is 446 Å². The van der Waals surface area contributed by atoms with E-state index in [0.29, 0.717) is 5.56 Å². The number of rotatable bonds is 14. The molecule has 17 N–H and O–H groups in total. The van der Waals surface area contributed by atoms with Crippen LogP contribution in [0, 0.1) is 0 Å². The van der Waals surface area contributed by atoms with Crippen molar-refractivity contribution in [2.75, 3.05) is 19.8 Å². The van der Waals surface area contributed by atoms with Gasteiger partial charge in [0.15, 0.2) is 29.6 Å². The molecule has 75 heavy (non-hydrogen) atoms. The lowest BCUT2D eigenvalue weighted by molar-refractivity contribution is -0.309. The Kier molecular flexibility index (Phi) is 17.0. The molecule has 27 heteroatoms. The minimum Gasteiger partial charge on any atom is -0.507 e. The van der Waals surface area contributed by atoms with Crippen LogP contribution in [0.4, 0.5) is 0 Å². The van der Waals surface area contributed by atoms with Crippen LogP contribution in [0.5, 0.6) is 34.5 Å². The summed E-state index contributed by atoms with van der Waals surface area (Å²) >= 11 is 0. The molecule has 410 valence electrons. The van der Waals surface area contributed by atoms with Crippen LogP contribution >= 0.6 is 0 Å². The number of aliphatic hydroxyl groups excluding tert-OH is 13. The number of esters is 1. The third-order valence-electron chi connectivity index (χ3n) is 13.2. The van der Waals surface area contributed by atoms with Crippen molar-refractivity contribution in [1.82, 2.24) is 0 Å². The smallest absolute Gasteiger partial charge is 0.368 e. The van der Waals surface area contributed by atoms with E-state index in [0.717, 1.165) is 30.3 Å². The van der Waals surface area contributed by atoms with E-state index >= 15 is 0 Å². The summed E-state index contributed by atoms with van der Waals surface area (Å²) in [6.45, 7) is -0.802. The van der Waals surface area contributed by atoms with Crippen LogP contribution in [0.3, 0.4) is 0 Å². The lowest BCUT2D eigenvalue weighted by Crippen LogP contribution is -2.60. The van der Waals surface area contributed by atoms with Gasteiger partial charge < -0.3 is 125 Å². The fourth-order valence-electron chi connectivity index (χ4n) is 8.90. The van der Waals surface area contributed by atoms with Gasteiger partial charge >= 0.3 is 17.3 Å². The summed E-state index contributed by atoms with van der Waals surface area (Å²) in [4.78, 5) is 12.9. The van der Waals surface area contributed by atoms with Gasteiger partial charge in [0.2, 0.25) is 12.6 Å². The fraction of sp³-hybridized carbons (Fsp3) is 0.500. The highest BCUT2D eigenvalue weighted by Gasteiger charge is 2.51. The van der Waals surface area contributed by atoms with Gasteiger partial charge in [-0.15, -0.1) is 0 Å². The van der Waals surface area contributed by atoms with Crippen molar-refractivity contribution >= 4 is 23.0 Å². The fourth-order valence-corrected chi connectivity index (χ4v) is 8.90. The van der Waals surface area contributed by atoms with E-state index in [4.69, 9.17) is 42.3 Å². The van der Waals surface area contributed by atoms with Gasteiger partial charge in [-0.2, -0.15) is 0 Å². The number of aromatic hydroxyl groups is 4. The zero-order chi connectivity index (χ0) is 54.3. The van der Waals surface area contributed by atoms with Gasteiger partial charge in [0.05, 0.1) is 43.1 Å². The Labute approximate surface area is 423 Å². The number of aliphatic hydroxyl groups is 13. The molecule has 0 radical (unpaired) electrons. The molecule has 0 bridgehead atoms. The molecule has 27 nitrogen and oxygen atoms in total. The molecule has 3 aromatic carbocycles. The predicted octanol–water partition coefficient (Wildman–Crippen LogP) is -3.81. The number of ether oxygens (including phenoxy) is 8. The summed E-state index contributed by atoms with van der Waals surface area (Å²) in [6.07, 6.45) is -31.3. The summed E-state index contributed by atoms with van der Waals surface area (Å²) in [5.74, 6) is -4.60. The van der Waals surface area contributed by atoms with Crippen molar-refractivity contribution in [3.05, 3.63) is 71.8 Å². The van der Waals surface area contributed by atoms with Crippen molar-refractivity contribution in [3.63, 3.8) is 0 Å². The molecule has 4 aliphatic heterocycles. The summed E-state index contributed by atoms with van der Waals surface area (Å²) in [7, 11) is 0. The summed E-state index contributed by atoms with van der Waals surface area (Å²) in [5, 5.41) is 179. The standard InChI is InChI=1S/C48H56O27/c1-16-43(75-30(54)7-4-17-2-5-20(6-3-17)69-47-40(64)36(60)32(56)27(13-49)73-47)39(63)42(66)46(68-16)67-15-29-34(58)35(59)38(62)45(71-29)22-12-21-25(70-44(22)18-8-23(52)31(55)24(53)9-18)10-19(51)11-26(21)72-48-41(65)37(61)33(57)28(14-50)74-48/h2-12,16,27-29,32-43,45-50,56-66H,13-15H2,1H3,(H3-,51,52,53,55)/p+1/b7-4+/t16-,27+,28+,29+,32+,33+,34+,35-,36-,37-,38+,39-,40+,41+,42+,43-,45-,46+,47+,48+/m0/s1. The van der Waals surface area contributed by atoms with Crippen molar-refractivity contribution in [3.8, 4) is 45.8 Å². The average Bonchev–Trinajstić information content (AvgIpc) is 3.39. The third kappa shape index (κ3) is 11.4. The number of fused-ring (bicyclic) bond motifs is 1. The van der Waals surface area contributed by atoms with Crippen LogP contribution in [0.1, 0.15) is 24.2 Å². The number of carbonyl (C=O) groups is 1. The molecule has 4 saturated heterocycles. The van der Waals surface area contributed by atoms with Crippen LogP contribution in [-0.4, -0.2) is 229 Å². The van der Waals surface area contributed by atoms with Gasteiger partial charge in [-0.25, -0.2) is 9.21 Å². The number of hydrogen-bond donors (Lipinski definition) is 17. The van der Waals surface area contributed by atoms with E-state index in [-0.39, 0.29) is 39.4 Å². The van der Waals surface area contributed by atoms with Crippen LogP contribution in [0.15, 0.2) is 65.1 Å². The first-order chi connectivity index (χ1) is 35.6. The van der Waals surface area contributed by atoms with Crippen molar-refractivity contribution in [2.24, 2.45) is 0 Å². The highest BCUT2D eigenvalue weighted by molar-refractivity contribution is 5.88. The number of phenols is 4. The minimum absolute atomic E-state index is 0.0933. The first-order valence-corrected chi connectivity index (χ1v) is 23.3. The zero-order valence-corrected chi connectivity index (χ0v) is 39.2. The predicted molar refractivity (Wildman–Crippen MR) is 245 cm³/mol. The van der Waals surface area contributed by atoms with E-state index in [1.807, 2.05) is 0 Å².